The summed E-state index contributed by atoms with van der Waals surface area (Å²) < 4.78 is 0. The van der Waals surface area contributed by atoms with Gasteiger partial charge in [-0.25, -0.2) is 0 Å². The quantitative estimate of drug-likeness (QED) is 0.244. The van der Waals surface area contributed by atoms with Crippen molar-refractivity contribution in [2.75, 3.05) is 0 Å². The molecule has 0 heterocycles. The van der Waals surface area contributed by atoms with Crippen LogP contribution in [0.4, 0.5) is 0 Å². The molecule has 0 aliphatic heterocycles. The first kappa shape index (κ1) is 24.3. The monoisotopic (exact) mass is 390 g/mol. The Labute approximate surface area is 179 Å². The van der Waals surface area contributed by atoms with Crippen LogP contribution in [0.15, 0.2) is 0 Å². The molecule has 2 aliphatic rings. The van der Waals surface area contributed by atoms with Gasteiger partial charge in [-0.05, 0) is 49.4 Å². The fraction of sp³-hybridized carbons (Fsp3) is 1.00. The predicted octanol–water partition coefficient (Wildman–Crippen LogP) is 10.1. The van der Waals surface area contributed by atoms with Crippen LogP contribution in [0.2, 0.25) is 0 Å². The molecule has 0 spiro atoms. The van der Waals surface area contributed by atoms with Crippen LogP contribution >= 0.6 is 0 Å². The first-order valence-corrected chi connectivity index (χ1v) is 13.8. The molecule has 0 amide bonds. The third kappa shape index (κ3) is 10.2. The van der Waals surface area contributed by atoms with Gasteiger partial charge in [0.15, 0.2) is 0 Å². The van der Waals surface area contributed by atoms with Gasteiger partial charge in [-0.3, -0.25) is 0 Å². The van der Waals surface area contributed by atoms with Crippen molar-refractivity contribution in [2.45, 2.75) is 155 Å². The Bertz CT molecular complexity index is 296. The summed E-state index contributed by atoms with van der Waals surface area (Å²) in [5.41, 5.74) is 0. The largest absolute Gasteiger partial charge is 0.0654 e. The first-order chi connectivity index (χ1) is 13.8. The van der Waals surface area contributed by atoms with Crippen molar-refractivity contribution < 1.29 is 0 Å². The maximum atomic E-state index is 2.32. The highest BCUT2D eigenvalue weighted by Gasteiger charge is 2.30. The van der Waals surface area contributed by atoms with Crippen molar-refractivity contribution in [2.24, 2.45) is 23.7 Å². The van der Waals surface area contributed by atoms with Crippen LogP contribution in [0.25, 0.3) is 0 Å². The van der Waals surface area contributed by atoms with E-state index in [2.05, 4.69) is 13.8 Å². The van der Waals surface area contributed by atoms with E-state index in [1.54, 1.807) is 64.2 Å². The maximum Gasteiger partial charge on any atom is -0.0386 e. The van der Waals surface area contributed by atoms with E-state index in [0.29, 0.717) is 0 Å². The molecule has 0 atom stereocenters. The van der Waals surface area contributed by atoms with Gasteiger partial charge in [0.25, 0.3) is 0 Å². The molecule has 2 aliphatic carbocycles. The zero-order chi connectivity index (χ0) is 19.9. The van der Waals surface area contributed by atoms with Gasteiger partial charge in [0.05, 0.1) is 0 Å². The van der Waals surface area contributed by atoms with Gasteiger partial charge in [0.1, 0.15) is 0 Å². The minimum Gasteiger partial charge on any atom is -0.0654 e. The van der Waals surface area contributed by atoms with Crippen molar-refractivity contribution in [3.05, 3.63) is 0 Å². The Kier molecular flexibility index (Phi) is 13.7. The molecule has 166 valence electrons. The standard InChI is InChI=1S/C28H54/c1-3-5-7-9-11-13-15-25-17-21-27(22-18-25)28-23-19-26(20-24-28)16-14-12-10-8-6-4-2/h25-28H,3-24H2,1-2H3/t25-,26?,27-,28?. The van der Waals surface area contributed by atoms with Crippen LogP contribution < -0.4 is 0 Å². The topological polar surface area (TPSA) is 0 Å². The second kappa shape index (κ2) is 15.8. The molecule has 2 rings (SSSR count). The van der Waals surface area contributed by atoms with Crippen molar-refractivity contribution in [3.63, 3.8) is 0 Å². The van der Waals surface area contributed by atoms with E-state index in [1.807, 2.05) is 0 Å². The summed E-state index contributed by atoms with van der Waals surface area (Å²) in [5.74, 6) is 4.39. The van der Waals surface area contributed by atoms with E-state index in [1.165, 1.54) is 77.0 Å². The summed E-state index contributed by atoms with van der Waals surface area (Å²) in [6.45, 7) is 4.64. The van der Waals surface area contributed by atoms with E-state index < -0.39 is 0 Å². The number of unbranched alkanes of at least 4 members (excludes halogenated alkanes) is 10. The molecule has 28 heavy (non-hydrogen) atoms. The number of rotatable bonds is 15. The molecule has 0 unspecified atom stereocenters. The lowest BCUT2D eigenvalue weighted by Crippen LogP contribution is -2.25. The lowest BCUT2D eigenvalue weighted by atomic mass is 9.68. The summed E-state index contributed by atoms with van der Waals surface area (Å²) in [6, 6.07) is 0. The van der Waals surface area contributed by atoms with Gasteiger partial charge in [0, 0.05) is 0 Å². The van der Waals surface area contributed by atoms with Crippen molar-refractivity contribution >= 4 is 0 Å². The molecule has 0 aromatic rings. The number of hydrogen-bond donors (Lipinski definition) is 0. The Balaban J connectivity index is 1.47. The second-order valence-corrected chi connectivity index (χ2v) is 10.7. The minimum absolute atomic E-state index is 1.09. The third-order valence-corrected chi connectivity index (χ3v) is 8.38. The molecule has 2 saturated carbocycles. The molecule has 0 saturated heterocycles. The van der Waals surface area contributed by atoms with Crippen LogP contribution in [0, 0.1) is 23.7 Å². The van der Waals surface area contributed by atoms with Crippen molar-refractivity contribution in [3.8, 4) is 0 Å². The SMILES string of the molecule is CCCCCCCCC1CCC([C@H]2CC[C@H](CCCCCCCC)CC2)CC1. The highest BCUT2D eigenvalue weighted by molar-refractivity contribution is 4.82. The Morgan fingerprint density at radius 1 is 0.393 bits per heavy atom. The minimum atomic E-state index is 1.09. The van der Waals surface area contributed by atoms with Crippen LogP contribution in [0.3, 0.4) is 0 Å². The first-order valence-electron chi connectivity index (χ1n) is 13.8. The van der Waals surface area contributed by atoms with Crippen LogP contribution in [-0.4, -0.2) is 0 Å². The van der Waals surface area contributed by atoms with Gasteiger partial charge in [-0.2, -0.15) is 0 Å². The molecule has 0 heteroatoms. The fourth-order valence-corrected chi connectivity index (χ4v) is 6.32. The lowest BCUT2D eigenvalue weighted by molar-refractivity contribution is 0.139. The summed E-state index contributed by atoms with van der Waals surface area (Å²) in [4.78, 5) is 0. The molecule has 0 aromatic heterocycles. The zero-order valence-electron chi connectivity index (χ0n) is 19.9. The van der Waals surface area contributed by atoms with Crippen molar-refractivity contribution in [1.29, 1.82) is 0 Å². The van der Waals surface area contributed by atoms with Crippen LogP contribution in [0.1, 0.15) is 155 Å². The van der Waals surface area contributed by atoms with Crippen LogP contribution in [0.5, 0.6) is 0 Å². The average molecular weight is 391 g/mol. The summed E-state index contributed by atoms with van der Waals surface area (Å²) in [7, 11) is 0. The van der Waals surface area contributed by atoms with Gasteiger partial charge < -0.3 is 0 Å². The van der Waals surface area contributed by atoms with E-state index in [0.717, 1.165) is 23.7 Å². The van der Waals surface area contributed by atoms with Gasteiger partial charge in [0.2, 0.25) is 0 Å². The maximum absolute atomic E-state index is 2.32. The molecule has 2 fully saturated rings. The second-order valence-electron chi connectivity index (χ2n) is 10.7. The summed E-state index contributed by atoms with van der Waals surface area (Å²) in [6.07, 6.45) is 33.3. The zero-order valence-corrected chi connectivity index (χ0v) is 19.9. The average Bonchev–Trinajstić information content (AvgIpc) is 2.74. The molecule has 0 nitrogen and oxygen atoms in total. The highest BCUT2D eigenvalue weighted by Crippen LogP contribution is 2.43. The predicted molar refractivity (Wildman–Crippen MR) is 127 cm³/mol. The van der Waals surface area contributed by atoms with Crippen LogP contribution in [-0.2, 0) is 0 Å². The summed E-state index contributed by atoms with van der Waals surface area (Å²) in [5, 5.41) is 0. The van der Waals surface area contributed by atoms with Gasteiger partial charge in [-0.15, -0.1) is 0 Å². The third-order valence-electron chi connectivity index (χ3n) is 8.38. The Morgan fingerprint density at radius 2 is 0.714 bits per heavy atom. The van der Waals surface area contributed by atoms with E-state index in [4.69, 9.17) is 0 Å². The summed E-state index contributed by atoms with van der Waals surface area (Å²) >= 11 is 0. The van der Waals surface area contributed by atoms with Gasteiger partial charge in [-0.1, -0.05) is 129 Å². The number of hydrogen-bond acceptors (Lipinski definition) is 0. The molecule has 0 aromatic carbocycles. The van der Waals surface area contributed by atoms with Crippen molar-refractivity contribution in [1.82, 2.24) is 0 Å². The lowest BCUT2D eigenvalue weighted by Gasteiger charge is -2.38. The van der Waals surface area contributed by atoms with E-state index in [-0.39, 0.29) is 0 Å². The van der Waals surface area contributed by atoms with Gasteiger partial charge >= 0.3 is 0 Å². The molecule has 0 radical (unpaired) electrons. The molecular formula is C28H54. The normalized spacial score (nSPS) is 28.5. The Hall–Kier alpha value is 0. The smallest absolute Gasteiger partial charge is 0.0386 e. The van der Waals surface area contributed by atoms with E-state index >= 15 is 0 Å². The molecular weight excluding hydrogens is 336 g/mol. The highest BCUT2D eigenvalue weighted by atomic mass is 14.4. The Morgan fingerprint density at radius 3 is 1.07 bits per heavy atom. The fourth-order valence-electron chi connectivity index (χ4n) is 6.32. The van der Waals surface area contributed by atoms with E-state index in [9.17, 15) is 0 Å². The molecule has 0 N–H and O–H groups in total. The molecule has 0 bridgehead atoms.